The molecule has 0 unspecified atom stereocenters. The van der Waals surface area contributed by atoms with Crippen molar-refractivity contribution in [1.82, 2.24) is 5.32 Å². The summed E-state index contributed by atoms with van der Waals surface area (Å²) < 4.78 is 27.7. The number of nitrogens with one attached hydrogen (secondary N) is 1. The summed E-state index contributed by atoms with van der Waals surface area (Å²) in [5.74, 6) is -0.0655. The minimum absolute atomic E-state index is 0.0435. The van der Waals surface area contributed by atoms with E-state index in [2.05, 4.69) is 5.32 Å². The molecule has 1 amide bonds. The lowest BCUT2D eigenvalue weighted by Crippen LogP contribution is -2.45. The van der Waals surface area contributed by atoms with Crippen LogP contribution in [0.5, 0.6) is 0 Å². The van der Waals surface area contributed by atoms with Crippen LogP contribution in [0.15, 0.2) is 53.4 Å². The highest BCUT2D eigenvalue weighted by Gasteiger charge is 2.28. The molecule has 1 atom stereocenters. The van der Waals surface area contributed by atoms with Crippen LogP contribution in [-0.2, 0) is 14.8 Å². The molecule has 0 spiro atoms. The predicted molar refractivity (Wildman–Crippen MR) is 109 cm³/mol. The van der Waals surface area contributed by atoms with Crippen LogP contribution in [0.2, 0.25) is 0 Å². The molecular weight excluding hydrogens is 360 g/mol. The zero-order valence-electron chi connectivity index (χ0n) is 16.6. The lowest BCUT2D eigenvalue weighted by atomic mass is 10.1. The van der Waals surface area contributed by atoms with E-state index in [-0.39, 0.29) is 29.3 Å². The number of anilines is 1. The summed E-state index contributed by atoms with van der Waals surface area (Å²) >= 11 is 0. The molecule has 0 heterocycles. The topological polar surface area (TPSA) is 66.5 Å². The van der Waals surface area contributed by atoms with Gasteiger partial charge in [-0.05, 0) is 62.1 Å². The predicted octanol–water partition coefficient (Wildman–Crippen LogP) is 3.66. The Morgan fingerprint density at radius 1 is 1.00 bits per heavy atom. The molecule has 0 saturated heterocycles. The lowest BCUT2D eigenvalue weighted by Gasteiger charge is -2.26. The SMILES string of the molecule is Cc1cc(C)cc(N(CC(=O)N[C@@H](C)C(C)C)S(=O)(=O)c2ccccc2)c1. The minimum atomic E-state index is -3.87. The Morgan fingerprint density at radius 2 is 1.56 bits per heavy atom. The summed E-state index contributed by atoms with van der Waals surface area (Å²) in [6.07, 6.45) is 0. The van der Waals surface area contributed by atoms with Gasteiger partial charge in [-0.15, -0.1) is 0 Å². The van der Waals surface area contributed by atoms with Crippen LogP contribution in [-0.4, -0.2) is 26.9 Å². The van der Waals surface area contributed by atoms with E-state index in [0.717, 1.165) is 11.1 Å². The molecule has 2 aromatic carbocycles. The summed E-state index contributed by atoms with van der Waals surface area (Å²) in [7, 11) is -3.87. The molecule has 6 heteroatoms. The third-order valence-corrected chi connectivity index (χ3v) is 6.29. The van der Waals surface area contributed by atoms with Crippen LogP contribution < -0.4 is 9.62 Å². The molecule has 0 radical (unpaired) electrons. The second-order valence-corrected chi connectivity index (χ2v) is 9.13. The summed E-state index contributed by atoms with van der Waals surface area (Å²) in [4.78, 5) is 12.7. The minimum Gasteiger partial charge on any atom is -0.352 e. The van der Waals surface area contributed by atoms with E-state index in [1.54, 1.807) is 42.5 Å². The van der Waals surface area contributed by atoms with Crippen molar-refractivity contribution in [2.75, 3.05) is 10.8 Å². The van der Waals surface area contributed by atoms with Gasteiger partial charge in [0.05, 0.1) is 10.6 Å². The number of sulfonamides is 1. The first-order valence-electron chi connectivity index (χ1n) is 9.06. The van der Waals surface area contributed by atoms with E-state index in [1.165, 1.54) is 4.31 Å². The Balaban J connectivity index is 2.44. The van der Waals surface area contributed by atoms with Crippen molar-refractivity contribution >= 4 is 21.6 Å². The van der Waals surface area contributed by atoms with E-state index < -0.39 is 10.0 Å². The molecular formula is C21H28N2O3S. The molecule has 0 aromatic heterocycles. The zero-order valence-corrected chi connectivity index (χ0v) is 17.4. The monoisotopic (exact) mass is 388 g/mol. The van der Waals surface area contributed by atoms with E-state index >= 15 is 0 Å². The zero-order chi connectivity index (χ0) is 20.2. The average Bonchev–Trinajstić information content (AvgIpc) is 2.59. The van der Waals surface area contributed by atoms with Gasteiger partial charge in [-0.25, -0.2) is 8.42 Å². The maximum atomic E-state index is 13.3. The highest BCUT2D eigenvalue weighted by molar-refractivity contribution is 7.92. The van der Waals surface area contributed by atoms with Crippen LogP contribution in [0.3, 0.4) is 0 Å². The standard InChI is InChI=1S/C21H28N2O3S/c1-15(2)18(5)22-21(24)14-23(19-12-16(3)11-17(4)13-19)27(25,26)20-9-7-6-8-10-20/h6-13,15,18H,14H2,1-5H3,(H,22,24)/t18-/m0/s1. The number of amides is 1. The fraction of sp³-hybridized carbons (Fsp3) is 0.381. The molecule has 0 fully saturated rings. The molecule has 1 N–H and O–H groups in total. The summed E-state index contributed by atoms with van der Waals surface area (Å²) in [5.41, 5.74) is 2.37. The number of hydrogen-bond acceptors (Lipinski definition) is 3. The number of rotatable bonds is 7. The van der Waals surface area contributed by atoms with Gasteiger partial charge in [0.25, 0.3) is 10.0 Å². The quantitative estimate of drug-likeness (QED) is 0.787. The Bertz CT molecular complexity index is 873. The van der Waals surface area contributed by atoms with E-state index in [4.69, 9.17) is 0 Å². The Kier molecular flexibility index (Phi) is 6.65. The number of benzene rings is 2. The smallest absolute Gasteiger partial charge is 0.264 e. The lowest BCUT2D eigenvalue weighted by molar-refractivity contribution is -0.120. The van der Waals surface area contributed by atoms with Crippen molar-refractivity contribution in [2.45, 2.75) is 45.6 Å². The third-order valence-electron chi connectivity index (χ3n) is 4.50. The van der Waals surface area contributed by atoms with Crippen LogP contribution in [0.1, 0.15) is 31.9 Å². The fourth-order valence-corrected chi connectivity index (χ4v) is 4.15. The average molecular weight is 389 g/mol. The number of aryl methyl sites for hydroxylation is 2. The molecule has 0 saturated carbocycles. The van der Waals surface area contributed by atoms with Crippen molar-refractivity contribution in [3.63, 3.8) is 0 Å². The van der Waals surface area contributed by atoms with Crippen LogP contribution in [0, 0.1) is 19.8 Å². The second kappa shape index (κ2) is 8.57. The van der Waals surface area contributed by atoms with Gasteiger partial charge in [-0.3, -0.25) is 9.10 Å². The second-order valence-electron chi connectivity index (χ2n) is 7.27. The molecule has 0 aliphatic rings. The van der Waals surface area contributed by atoms with Gasteiger partial charge in [-0.1, -0.05) is 38.1 Å². The van der Waals surface area contributed by atoms with Crippen molar-refractivity contribution in [3.8, 4) is 0 Å². The third kappa shape index (κ3) is 5.32. The van der Waals surface area contributed by atoms with Gasteiger partial charge in [0.2, 0.25) is 5.91 Å². The van der Waals surface area contributed by atoms with Gasteiger partial charge in [0.1, 0.15) is 6.54 Å². The van der Waals surface area contributed by atoms with Crippen LogP contribution in [0.25, 0.3) is 0 Å². The van der Waals surface area contributed by atoms with Crippen LogP contribution >= 0.6 is 0 Å². The molecule has 0 bridgehead atoms. The maximum absolute atomic E-state index is 13.3. The highest BCUT2D eigenvalue weighted by atomic mass is 32.2. The van der Waals surface area contributed by atoms with Gasteiger partial charge in [0, 0.05) is 6.04 Å². The van der Waals surface area contributed by atoms with Gasteiger partial charge < -0.3 is 5.32 Å². The van der Waals surface area contributed by atoms with Crippen LogP contribution in [0.4, 0.5) is 5.69 Å². The maximum Gasteiger partial charge on any atom is 0.264 e. The van der Waals surface area contributed by atoms with Gasteiger partial charge in [-0.2, -0.15) is 0 Å². The normalized spacial score (nSPS) is 12.7. The van der Waals surface area contributed by atoms with Crippen molar-refractivity contribution in [2.24, 2.45) is 5.92 Å². The number of carbonyl (C=O) groups excluding carboxylic acids is 1. The molecule has 0 aliphatic heterocycles. The molecule has 146 valence electrons. The number of carbonyl (C=O) groups is 1. The van der Waals surface area contributed by atoms with Crippen molar-refractivity contribution < 1.29 is 13.2 Å². The van der Waals surface area contributed by atoms with Crippen molar-refractivity contribution in [3.05, 3.63) is 59.7 Å². The first-order valence-corrected chi connectivity index (χ1v) is 10.5. The van der Waals surface area contributed by atoms with Crippen molar-refractivity contribution in [1.29, 1.82) is 0 Å². The Morgan fingerprint density at radius 3 is 2.07 bits per heavy atom. The summed E-state index contributed by atoms with van der Waals surface area (Å²) in [6, 6.07) is 13.7. The summed E-state index contributed by atoms with van der Waals surface area (Å²) in [5, 5.41) is 2.89. The molecule has 0 aliphatic carbocycles. The molecule has 27 heavy (non-hydrogen) atoms. The number of nitrogens with zero attached hydrogens (tertiary/aromatic N) is 1. The molecule has 2 aromatic rings. The van der Waals surface area contributed by atoms with E-state index in [1.807, 2.05) is 40.7 Å². The number of hydrogen-bond donors (Lipinski definition) is 1. The molecule has 2 rings (SSSR count). The fourth-order valence-electron chi connectivity index (χ4n) is 2.73. The highest BCUT2D eigenvalue weighted by Crippen LogP contribution is 2.25. The van der Waals surface area contributed by atoms with E-state index in [0.29, 0.717) is 5.69 Å². The van der Waals surface area contributed by atoms with Gasteiger partial charge in [0.15, 0.2) is 0 Å². The largest absolute Gasteiger partial charge is 0.352 e. The molecule has 5 nitrogen and oxygen atoms in total. The first-order chi connectivity index (χ1) is 12.6. The van der Waals surface area contributed by atoms with E-state index in [9.17, 15) is 13.2 Å². The summed E-state index contributed by atoms with van der Waals surface area (Å²) in [6.45, 7) is 9.47. The first kappa shape index (κ1) is 21.0. The Labute approximate surface area is 162 Å². The Hall–Kier alpha value is -2.34. The van der Waals surface area contributed by atoms with Gasteiger partial charge >= 0.3 is 0 Å².